The molecule has 3 aromatic heterocycles. The van der Waals surface area contributed by atoms with Crippen molar-refractivity contribution in [3.63, 3.8) is 0 Å². The van der Waals surface area contributed by atoms with Crippen LogP contribution in [0.15, 0.2) is 30.3 Å². The maximum absolute atomic E-state index is 13.6. The predicted molar refractivity (Wildman–Crippen MR) is 100.0 cm³/mol. The van der Waals surface area contributed by atoms with Crippen LogP contribution < -0.4 is 0 Å². The van der Waals surface area contributed by atoms with E-state index in [-0.39, 0.29) is 5.56 Å². The van der Waals surface area contributed by atoms with Crippen LogP contribution in [0.5, 0.6) is 5.75 Å². The van der Waals surface area contributed by atoms with Gasteiger partial charge in [-0.15, -0.1) is 21.5 Å². The van der Waals surface area contributed by atoms with E-state index in [0.717, 1.165) is 34.0 Å². The van der Waals surface area contributed by atoms with Crippen molar-refractivity contribution >= 4 is 21.6 Å². The van der Waals surface area contributed by atoms with E-state index in [9.17, 15) is 18.3 Å². The van der Waals surface area contributed by atoms with Gasteiger partial charge >= 0.3 is 6.18 Å². The van der Waals surface area contributed by atoms with Gasteiger partial charge in [0.05, 0.1) is 26.4 Å². The molecule has 0 saturated heterocycles. The summed E-state index contributed by atoms with van der Waals surface area (Å²) in [7, 11) is 0. The molecule has 0 bridgehead atoms. The average Bonchev–Trinajstić information content (AvgIpc) is 3.35. The highest BCUT2D eigenvalue weighted by Gasteiger charge is 2.35. The third-order valence-corrected chi connectivity index (χ3v) is 5.54. The van der Waals surface area contributed by atoms with Gasteiger partial charge in [-0.1, -0.05) is 13.3 Å². The third kappa shape index (κ3) is 3.24. The van der Waals surface area contributed by atoms with Crippen LogP contribution >= 0.6 is 11.3 Å². The molecule has 0 atom stereocenters. The lowest BCUT2D eigenvalue weighted by molar-refractivity contribution is -0.137. The Morgan fingerprint density at radius 3 is 2.71 bits per heavy atom. The number of alkyl halides is 3. The van der Waals surface area contributed by atoms with Crippen LogP contribution in [0.2, 0.25) is 0 Å². The number of benzene rings is 1. The Morgan fingerprint density at radius 1 is 1.21 bits per heavy atom. The van der Waals surface area contributed by atoms with E-state index < -0.39 is 17.5 Å². The molecule has 0 aliphatic carbocycles. The number of H-pyrrole nitrogens is 1. The van der Waals surface area contributed by atoms with E-state index in [4.69, 9.17) is 0 Å². The summed E-state index contributed by atoms with van der Waals surface area (Å²) in [5.74, 6) is 0.0364. The fraction of sp³-hybridized carbons (Fsp3) is 0.278. The van der Waals surface area contributed by atoms with Gasteiger partial charge in [-0.2, -0.15) is 18.4 Å². The van der Waals surface area contributed by atoms with Crippen molar-refractivity contribution in [3.8, 4) is 27.7 Å². The van der Waals surface area contributed by atoms with E-state index in [1.165, 1.54) is 23.5 Å². The lowest BCUT2D eigenvalue weighted by Gasteiger charge is -2.16. The summed E-state index contributed by atoms with van der Waals surface area (Å²) in [5.41, 5.74) is 0.496. The summed E-state index contributed by atoms with van der Waals surface area (Å²) < 4.78 is 43.5. The van der Waals surface area contributed by atoms with E-state index in [2.05, 4.69) is 20.6 Å². The number of aromatic nitrogens is 5. The Bertz CT molecular complexity index is 1110. The molecule has 3 heterocycles. The zero-order chi connectivity index (χ0) is 19.9. The molecule has 0 spiro atoms. The number of hydrogen-bond donors (Lipinski definition) is 2. The quantitative estimate of drug-likeness (QED) is 0.484. The minimum Gasteiger partial charge on any atom is -0.508 e. The van der Waals surface area contributed by atoms with E-state index in [1.54, 1.807) is 6.07 Å². The number of aromatic hydroxyl groups is 1. The van der Waals surface area contributed by atoms with Crippen molar-refractivity contribution in [2.24, 2.45) is 0 Å². The monoisotopic (exact) mass is 407 g/mol. The first-order valence-corrected chi connectivity index (χ1v) is 9.47. The van der Waals surface area contributed by atoms with Crippen molar-refractivity contribution < 1.29 is 18.3 Å². The van der Waals surface area contributed by atoms with Crippen LogP contribution in [0.4, 0.5) is 13.2 Å². The zero-order valence-electron chi connectivity index (χ0n) is 14.8. The average molecular weight is 407 g/mol. The van der Waals surface area contributed by atoms with Crippen LogP contribution in [0, 0.1) is 0 Å². The molecule has 0 saturated carbocycles. The molecule has 28 heavy (non-hydrogen) atoms. The Hall–Kier alpha value is -2.88. The van der Waals surface area contributed by atoms with Crippen molar-refractivity contribution in [1.29, 1.82) is 0 Å². The molecule has 4 aromatic rings. The molecule has 0 unspecified atom stereocenters. The number of halogens is 3. The Labute approximate surface area is 161 Å². The maximum atomic E-state index is 13.6. The lowest BCUT2D eigenvalue weighted by Crippen LogP contribution is -2.09. The number of fused-ring (bicyclic) bond motifs is 1. The molecule has 1 aromatic carbocycles. The van der Waals surface area contributed by atoms with Crippen LogP contribution in [0.3, 0.4) is 0 Å². The molecular weight excluding hydrogens is 391 g/mol. The molecule has 2 N–H and O–H groups in total. The standard InChI is InChI=1S/C18H16F3N5OS/c1-2-3-6-26-13(11-5-4-10(27)7-12(11)18(19,20)21)8-15-14(26)9-16(28-15)17-22-24-25-23-17/h4-5,7-9,27H,2-3,6H2,1H3,(H,22,23,24,25). The minimum absolute atomic E-state index is 0.0471. The summed E-state index contributed by atoms with van der Waals surface area (Å²) in [6, 6.07) is 6.99. The smallest absolute Gasteiger partial charge is 0.417 e. The number of nitrogens with zero attached hydrogens (tertiary/aromatic N) is 4. The molecule has 0 amide bonds. The van der Waals surface area contributed by atoms with Gasteiger partial charge in [-0.05, 0) is 42.0 Å². The van der Waals surface area contributed by atoms with Gasteiger partial charge in [0.25, 0.3) is 0 Å². The fourth-order valence-electron chi connectivity index (χ4n) is 3.19. The second-order valence-electron chi connectivity index (χ2n) is 6.36. The third-order valence-electron chi connectivity index (χ3n) is 4.48. The van der Waals surface area contributed by atoms with Gasteiger partial charge in [0, 0.05) is 12.1 Å². The summed E-state index contributed by atoms with van der Waals surface area (Å²) >= 11 is 1.40. The number of aromatic amines is 1. The van der Waals surface area contributed by atoms with Crippen molar-refractivity contribution in [3.05, 3.63) is 35.9 Å². The Balaban J connectivity index is 1.91. The number of aryl methyl sites for hydroxylation is 1. The highest BCUT2D eigenvalue weighted by Crippen LogP contribution is 2.43. The highest BCUT2D eigenvalue weighted by atomic mass is 32.1. The van der Waals surface area contributed by atoms with Crippen LogP contribution in [0.1, 0.15) is 25.3 Å². The molecule has 4 rings (SSSR count). The first-order chi connectivity index (χ1) is 13.4. The van der Waals surface area contributed by atoms with Gasteiger partial charge in [0.2, 0.25) is 5.82 Å². The molecular formula is C18H16F3N5OS. The van der Waals surface area contributed by atoms with Gasteiger partial charge < -0.3 is 9.67 Å². The van der Waals surface area contributed by atoms with Gasteiger partial charge in [-0.3, -0.25) is 0 Å². The fourth-order valence-corrected chi connectivity index (χ4v) is 4.22. The molecule has 6 nitrogen and oxygen atoms in total. The van der Waals surface area contributed by atoms with Crippen LogP contribution in [-0.2, 0) is 12.7 Å². The minimum atomic E-state index is -4.57. The molecule has 0 aliphatic heterocycles. The largest absolute Gasteiger partial charge is 0.508 e. The lowest BCUT2D eigenvalue weighted by atomic mass is 10.0. The molecule has 0 fully saturated rings. The highest BCUT2D eigenvalue weighted by molar-refractivity contribution is 7.22. The van der Waals surface area contributed by atoms with E-state index in [1.807, 2.05) is 17.6 Å². The van der Waals surface area contributed by atoms with Gasteiger partial charge in [0.15, 0.2) is 0 Å². The van der Waals surface area contributed by atoms with Crippen molar-refractivity contribution in [2.75, 3.05) is 0 Å². The predicted octanol–water partition coefficient (Wildman–Crippen LogP) is 5.07. The first kappa shape index (κ1) is 18.5. The van der Waals surface area contributed by atoms with Crippen LogP contribution in [0.25, 0.3) is 32.2 Å². The normalized spacial score (nSPS) is 12.1. The number of unbranched alkanes of at least 4 members (excludes halogenated alkanes) is 1. The SMILES string of the molecule is CCCCn1c(-c2ccc(O)cc2C(F)(F)F)cc2sc(-c3nn[nH]n3)cc21. The number of rotatable bonds is 5. The molecule has 0 radical (unpaired) electrons. The number of thiophene rings is 1. The Morgan fingerprint density at radius 2 is 2.04 bits per heavy atom. The molecule has 0 aliphatic rings. The van der Waals surface area contributed by atoms with Crippen LogP contribution in [-0.4, -0.2) is 30.3 Å². The number of tetrazole rings is 1. The summed E-state index contributed by atoms with van der Waals surface area (Å²) in [4.78, 5) is 0.789. The second-order valence-corrected chi connectivity index (χ2v) is 7.44. The van der Waals surface area contributed by atoms with Gasteiger partial charge in [0.1, 0.15) is 5.75 Å². The second kappa shape index (κ2) is 6.93. The molecule has 10 heteroatoms. The number of nitrogens with one attached hydrogen (secondary N) is 1. The number of phenolic OH excluding ortho intramolecular Hbond substituents is 1. The van der Waals surface area contributed by atoms with E-state index in [0.29, 0.717) is 18.1 Å². The zero-order valence-corrected chi connectivity index (χ0v) is 15.6. The number of hydrogen-bond acceptors (Lipinski definition) is 5. The number of phenols is 1. The topological polar surface area (TPSA) is 79.6 Å². The maximum Gasteiger partial charge on any atom is 0.417 e. The van der Waals surface area contributed by atoms with E-state index >= 15 is 0 Å². The molecule has 146 valence electrons. The van der Waals surface area contributed by atoms with Crippen molar-refractivity contribution in [2.45, 2.75) is 32.5 Å². The summed E-state index contributed by atoms with van der Waals surface area (Å²) in [6.45, 7) is 2.61. The van der Waals surface area contributed by atoms with Crippen molar-refractivity contribution in [1.82, 2.24) is 25.2 Å². The summed E-state index contributed by atoms with van der Waals surface area (Å²) in [5, 5.41) is 23.5. The Kier molecular flexibility index (Phi) is 4.58. The summed E-state index contributed by atoms with van der Waals surface area (Å²) in [6.07, 6.45) is -2.84. The first-order valence-electron chi connectivity index (χ1n) is 8.66. The van der Waals surface area contributed by atoms with Gasteiger partial charge in [-0.25, -0.2) is 0 Å².